The third kappa shape index (κ3) is 11.5. The molecule has 0 spiro atoms. The lowest BCUT2D eigenvalue weighted by Gasteiger charge is -2.44. The van der Waals surface area contributed by atoms with Gasteiger partial charge in [-0.05, 0) is 54.1 Å². The normalized spacial score (nSPS) is 30.7. The summed E-state index contributed by atoms with van der Waals surface area (Å²) in [5.41, 5.74) is -0.148. The third-order valence-electron chi connectivity index (χ3n) is 10.9. The molecule has 4 heterocycles. The Balaban J connectivity index is 1.23. The summed E-state index contributed by atoms with van der Waals surface area (Å²) in [6.45, 7) is -2.05. The van der Waals surface area contributed by atoms with Crippen molar-refractivity contribution >= 4 is 24.0 Å². The van der Waals surface area contributed by atoms with Crippen molar-refractivity contribution in [3.8, 4) is 45.6 Å². The van der Waals surface area contributed by atoms with Crippen LogP contribution in [0.3, 0.4) is 0 Å². The second-order valence-electron chi connectivity index (χ2n) is 15.8. The zero-order chi connectivity index (χ0) is 49.0. The number of carboxylic acid groups (broad SMARTS) is 1. The van der Waals surface area contributed by atoms with E-state index in [1.807, 2.05) is 0 Å². The minimum absolute atomic E-state index is 0.00745. The van der Waals surface area contributed by atoms with Gasteiger partial charge in [-0.15, -0.1) is 0 Å². The summed E-state index contributed by atoms with van der Waals surface area (Å²) >= 11 is 0. The standard InChI is InChI=1S/C44H46O24/c45-20-6-1-18(2-7-20)3-10-31(51)60-16-29-35(55)37(57)41(68-42-38(58)33(53)24(48)15-62-42)44(67-29)65-27-13-23-25(63-40(27)19-4-8-21(46)9-5-19)11-22(47)12-26(23)64-43-39(59)36(56)34(54)28(66-43)17-61-32(52)14-30(49)50/h1-13,24,28-29,33-39,41-46,48,53-59H,14-17H2,(H,49,50)/t24-,28-,29-,33+,34-,35-,36+,37+,38-,39-,41-,42+,43-,44-/m1/s1. The fourth-order valence-corrected chi connectivity index (χ4v) is 7.21. The predicted octanol–water partition coefficient (Wildman–Crippen LogP) is -2.07. The summed E-state index contributed by atoms with van der Waals surface area (Å²) < 4.78 is 51.5. The van der Waals surface area contributed by atoms with E-state index >= 15 is 0 Å². The number of hydrogen-bond donors (Lipinski definition) is 11. The molecule has 14 atom stereocenters. The molecule has 24 nitrogen and oxygen atoms in total. The van der Waals surface area contributed by atoms with Crippen LogP contribution < -0.4 is 14.9 Å². The molecular weight excluding hydrogens is 912 g/mol. The number of aromatic hydroxyl groups is 2. The Morgan fingerprint density at radius 2 is 1.26 bits per heavy atom. The van der Waals surface area contributed by atoms with E-state index in [-0.39, 0.29) is 39.9 Å². The lowest BCUT2D eigenvalue weighted by Crippen LogP contribution is -2.64. The number of aliphatic carboxylic acids is 1. The quantitative estimate of drug-likeness (QED) is 0.0346. The van der Waals surface area contributed by atoms with Gasteiger partial charge in [-0.3, -0.25) is 14.4 Å². The molecule has 3 saturated heterocycles. The van der Waals surface area contributed by atoms with Crippen LogP contribution in [-0.2, 0) is 42.8 Å². The monoisotopic (exact) mass is 958 g/mol. The van der Waals surface area contributed by atoms with Gasteiger partial charge in [-0.1, -0.05) is 12.1 Å². The minimum Gasteiger partial charge on any atom is -0.508 e. The average Bonchev–Trinajstić information content (AvgIpc) is 3.30. The number of carbonyl (C=O) groups is 3. The van der Waals surface area contributed by atoms with Crippen molar-refractivity contribution < 1.29 is 113 Å². The van der Waals surface area contributed by atoms with Gasteiger partial charge >= 0.3 is 17.9 Å². The molecule has 0 amide bonds. The number of rotatable bonds is 15. The maximum absolute atomic E-state index is 13.1. The Kier molecular flexibility index (Phi) is 15.6. The van der Waals surface area contributed by atoms with Crippen LogP contribution in [0.2, 0.25) is 0 Å². The summed E-state index contributed by atoms with van der Waals surface area (Å²) in [7, 11) is 0. The maximum atomic E-state index is 13.1. The molecule has 24 heteroatoms. The van der Waals surface area contributed by atoms with Crippen molar-refractivity contribution in [1.29, 1.82) is 0 Å². The van der Waals surface area contributed by atoms with E-state index in [1.54, 1.807) is 0 Å². The van der Waals surface area contributed by atoms with Gasteiger partial charge in [-0.25, -0.2) is 4.79 Å². The summed E-state index contributed by atoms with van der Waals surface area (Å²) in [6.07, 6.45) is -24.3. The topological polar surface area (TPSA) is 378 Å². The molecule has 11 N–H and O–H groups in total. The number of aliphatic hydroxyl groups excluding tert-OH is 8. The summed E-state index contributed by atoms with van der Waals surface area (Å²) in [5, 5.41) is 115. The largest absolute Gasteiger partial charge is 0.508 e. The third-order valence-corrected chi connectivity index (χ3v) is 10.9. The van der Waals surface area contributed by atoms with E-state index < -0.39 is 141 Å². The van der Waals surface area contributed by atoms with Crippen LogP contribution in [0.1, 0.15) is 12.0 Å². The lowest BCUT2D eigenvalue weighted by atomic mass is 9.98. The number of hydrogen-bond acceptors (Lipinski definition) is 23. The SMILES string of the molecule is O=C(O)CC(=O)OC[C@H]1O[C@@H](Oc2cc(=O)cc3oc(-c4ccc(O)cc4)c(O[C@@H]4O[C@H](COC(=O)C=Cc5ccc(O)cc5)[C@@H](O)[C@H](O)[C@H]4O[C@@H]4OC[C@@H](O)[C@H](O)[C@H]4O)cc2-3)[C@H](O)[C@@H](O)[C@@H]1O. The van der Waals surface area contributed by atoms with Crippen molar-refractivity contribution in [2.75, 3.05) is 19.8 Å². The Labute approximate surface area is 382 Å². The number of phenolic OH excluding ortho intramolecular Hbond substituents is 2. The zero-order valence-electron chi connectivity index (χ0n) is 35.1. The van der Waals surface area contributed by atoms with Gasteiger partial charge < -0.3 is 98.5 Å². The number of phenols is 2. The molecule has 0 radical (unpaired) electrons. The van der Waals surface area contributed by atoms with E-state index in [2.05, 4.69) is 0 Å². The van der Waals surface area contributed by atoms with Gasteiger partial charge in [0.1, 0.15) is 104 Å². The molecular formula is C44H46O24. The smallest absolute Gasteiger partial charge is 0.330 e. The molecule has 0 aromatic heterocycles. The molecule has 3 fully saturated rings. The molecule has 366 valence electrons. The fraction of sp³-hybridized carbons (Fsp3) is 0.409. The Hall–Kier alpha value is -6.26. The van der Waals surface area contributed by atoms with Crippen LogP contribution >= 0.6 is 0 Å². The molecule has 0 bridgehead atoms. The maximum Gasteiger partial charge on any atom is 0.330 e. The number of ether oxygens (including phenoxy) is 8. The van der Waals surface area contributed by atoms with Crippen LogP contribution in [-0.4, -0.2) is 180 Å². The molecule has 1 aliphatic carbocycles. The van der Waals surface area contributed by atoms with Crippen molar-refractivity contribution in [3.05, 3.63) is 88.6 Å². The van der Waals surface area contributed by atoms with Gasteiger partial charge in [0.2, 0.25) is 12.6 Å². The summed E-state index contributed by atoms with van der Waals surface area (Å²) in [4.78, 5) is 48.7. The van der Waals surface area contributed by atoms with E-state index in [0.717, 1.165) is 18.2 Å². The number of benzene rings is 3. The highest BCUT2D eigenvalue weighted by Gasteiger charge is 2.51. The minimum atomic E-state index is -2.02. The molecule has 68 heavy (non-hydrogen) atoms. The van der Waals surface area contributed by atoms with E-state index in [1.165, 1.54) is 60.7 Å². The Morgan fingerprint density at radius 3 is 1.94 bits per heavy atom. The van der Waals surface area contributed by atoms with Gasteiger partial charge in [0, 0.05) is 23.8 Å². The summed E-state index contributed by atoms with van der Waals surface area (Å²) in [5.74, 6) is -4.95. The van der Waals surface area contributed by atoms with Crippen LogP contribution in [0, 0.1) is 0 Å². The van der Waals surface area contributed by atoms with Crippen LogP contribution in [0.15, 0.2) is 82.0 Å². The molecule has 0 saturated carbocycles. The van der Waals surface area contributed by atoms with Crippen molar-refractivity contribution in [3.63, 3.8) is 0 Å². The van der Waals surface area contributed by atoms with Crippen molar-refractivity contribution in [2.45, 2.75) is 92.4 Å². The molecule has 4 aliphatic heterocycles. The first-order valence-electron chi connectivity index (χ1n) is 20.6. The van der Waals surface area contributed by atoms with Crippen LogP contribution in [0.4, 0.5) is 0 Å². The summed E-state index contributed by atoms with van der Waals surface area (Å²) in [6, 6.07) is 14.3. The highest BCUT2D eigenvalue weighted by atomic mass is 16.8. The van der Waals surface area contributed by atoms with Gasteiger partial charge in [-0.2, -0.15) is 0 Å². The molecule has 5 aliphatic rings. The first-order chi connectivity index (χ1) is 32.4. The highest BCUT2D eigenvalue weighted by Crippen LogP contribution is 2.43. The highest BCUT2D eigenvalue weighted by molar-refractivity contribution is 5.90. The number of esters is 2. The number of fused-ring (bicyclic) bond motifs is 1. The van der Waals surface area contributed by atoms with Gasteiger partial charge in [0.25, 0.3) is 0 Å². The van der Waals surface area contributed by atoms with Crippen LogP contribution in [0.5, 0.6) is 23.0 Å². The second kappa shape index (κ2) is 21.4. The van der Waals surface area contributed by atoms with Gasteiger partial charge in [0.05, 0.1) is 12.2 Å². The number of carboxylic acids is 1. The first kappa shape index (κ1) is 49.6. The zero-order valence-corrected chi connectivity index (χ0v) is 35.1. The van der Waals surface area contributed by atoms with Gasteiger partial charge in [0.15, 0.2) is 29.3 Å². The molecule has 0 unspecified atom stereocenters. The van der Waals surface area contributed by atoms with Crippen LogP contribution in [0.25, 0.3) is 28.7 Å². The fourth-order valence-electron chi connectivity index (χ4n) is 7.21. The molecule has 7 rings (SSSR count). The van der Waals surface area contributed by atoms with E-state index in [4.69, 9.17) is 47.4 Å². The van der Waals surface area contributed by atoms with E-state index in [0.29, 0.717) is 5.56 Å². The lowest BCUT2D eigenvalue weighted by molar-refractivity contribution is -0.345. The Morgan fingerprint density at radius 1 is 0.662 bits per heavy atom. The molecule has 2 aromatic rings. The Bertz CT molecular complexity index is 2440. The van der Waals surface area contributed by atoms with Crippen molar-refractivity contribution in [1.82, 2.24) is 0 Å². The first-order valence-corrected chi connectivity index (χ1v) is 20.6. The second-order valence-corrected chi connectivity index (χ2v) is 15.8. The van der Waals surface area contributed by atoms with E-state index in [9.17, 15) is 70.2 Å². The average molecular weight is 959 g/mol. The number of aliphatic hydroxyl groups is 8. The predicted molar refractivity (Wildman–Crippen MR) is 221 cm³/mol. The molecule has 2 aromatic carbocycles. The van der Waals surface area contributed by atoms with Crippen molar-refractivity contribution in [2.24, 2.45) is 0 Å². The number of carbonyl (C=O) groups excluding carboxylic acids is 2.